The number of pyridine rings is 1. The van der Waals surface area contributed by atoms with Crippen LogP contribution in [0, 0.1) is 0 Å². The van der Waals surface area contributed by atoms with Gasteiger partial charge in [0, 0.05) is 18.4 Å². The Labute approximate surface area is 141 Å². The van der Waals surface area contributed by atoms with E-state index in [-0.39, 0.29) is 23.7 Å². The van der Waals surface area contributed by atoms with E-state index in [9.17, 15) is 23.1 Å². The largest absolute Gasteiger partial charge is 0.416 e. The van der Waals surface area contributed by atoms with Crippen molar-refractivity contribution < 1.29 is 23.1 Å². The van der Waals surface area contributed by atoms with Gasteiger partial charge in [-0.1, -0.05) is 0 Å². The Balaban J connectivity index is 1.86. The first-order valence-corrected chi connectivity index (χ1v) is 7.89. The topological polar surface area (TPSA) is 80.0 Å². The molecule has 0 atom stereocenters. The molecule has 6 nitrogen and oxygen atoms in total. The molecule has 1 saturated carbocycles. The van der Waals surface area contributed by atoms with Crippen LogP contribution < -0.4 is 5.32 Å². The summed E-state index contributed by atoms with van der Waals surface area (Å²) in [6.45, 7) is 0. The maximum Gasteiger partial charge on any atom is 0.416 e. The monoisotopic (exact) mass is 354 g/mol. The third-order valence-corrected chi connectivity index (χ3v) is 4.17. The lowest BCUT2D eigenvalue weighted by molar-refractivity contribution is -0.137. The molecule has 25 heavy (non-hydrogen) atoms. The van der Waals surface area contributed by atoms with Crippen molar-refractivity contribution in [3.05, 3.63) is 42.1 Å². The highest BCUT2D eigenvalue weighted by molar-refractivity contribution is 5.93. The fourth-order valence-corrected chi connectivity index (χ4v) is 2.80. The number of aliphatic hydroxyl groups excluding tert-OH is 1. The number of halogens is 3. The fourth-order valence-electron chi connectivity index (χ4n) is 2.80. The van der Waals surface area contributed by atoms with Crippen LogP contribution in [0.2, 0.25) is 0 Å². The van der Waals surface area contributed by atoms with Crippen molar-refractivity contribution in [1.29, 1.82) is 0 Å². The van der Waals surface area contributed by atoms with Crippen LogP contribution in [0.5, 0.6) is 0 Å². The van der Waals surface area contributed by atoms with Gasteiger partial charge in [0.05, 0.1) is 11.7 Å². The van der Waals surface area contributed by atoms with Crippen LogP contribution in [0.3, 0.4) is 0 Å². The van der Waals surface area contributed by atoms with Crippen molar-refractivity contribution >= 4 is 5.91 Å². The number of hydrogen-bond acceptors (Lipinski definition) is 4. The van der Waals surface area contributed by atoms with Gasteiger partial charge in [-0.3, -0.25) is 9.36 Å². The number of aromatic nitrogens is 3. The number of alkyl halides is 3. The van der Waals surface area contributed by atoms with Gasteiger partial charge in [0.25, 0.3) is 5.91 Å². The molecule has 0 saturated heterocycles. The van der Waals surface area contributed by atoms with Crippen molar-refractivity contribution in [2.24, 2.45) is 0 Å². The van der Waals surface area contributed by atoms with Crippen LogP contribution in [0.1, 0.15) is 41.7 Å². The molecule has 0 spiro atoms. The maximum absolute atomic E-state index is 13.1. The summed E-state index contributed by atoms with van der Waals surface area (Å²) in [6, 6.07) is 1.44. The summed E-state index contributed by atoms with van der Waals surface area (Å²) >= 11 is 0. The number of amides is 1. The van der Waals surface area contributed by atoms with Crippen LogP contribution in [0.25, 0.3) is 5.82 Å². The Morgan fingerprint density at radius 1 is 1.24 bits per heavy atom. The summed E-state index contributed by atoms with van der Waals surface area (Å²) in [5, 5.41) is 12.2. The van der Waals surface area contributed by atoms with Gasteiger partial charge in [-0.2, -0.15) is 13.2 Å². The minimum atomic E-state index is -4.59. The van der Waals surface area contributed by atoms with E-state index in [0.29, 0.717) is 25.7 Å². The van der Waals surface area contributed by atoms with Gasteiger partial charge in [0.2, 0.25) is 0 Å². The van der Waals surface area contributed by atoms with Crippen molar-refractivity contribution in [1.82, 2.24) is 19.9 Å². The zero-order chi connectivity index (χ0) is 18.0. The summed E-state index contributed by atoms with van der Waals surface area (Å²) in [7, 11) is 0. The van der Waals surface area contributed by atoms with Crippen LogP contribution in [-0.2, 0) is 6.18 Å². The van der Waals surface area contributed by atoms with Crippen LogP contribution in [-0.4, -0.2) is 37.7 Å². The van der Waals surface area contributed by atoms with Gasteiger partial charge in [0.1, 0.15) is 17.8 Å². The molecule has 0 aromatic carbocycles. The number of imidazole rings is 1. The lowest BCUT2D eigenvalue weighted by Crippen LogP contribution is -2.39. The van der Waals surface area contributed by atoms with Crippen molar-refractivity contribution in [3.63, 3.8) is 0 Å². The number of rotatable bonds is 3. The molecule has 3 rings (SSSR count). The summed E-state index contributed by atoms with van der Waals surface area (Å²) in [6.07, 6.45) is 1.48. The molecule has 1 aliphatic carbocycles. The van der Waals surface area contributed by atoms with E-state index in [4.69, 9.17) is 0 Å². The summed E-state index contributed by atoms with van der Waals surface area (Å²) in [4.78, 5) is 20.2. The second kappa shape index (κ2) is 6.83. The molecule has 2 N–H and O–H groups in total. The molecule has 0 radical (unpaired) electrons. The molecular formula is C16H17F3N4O2. The molecule has 1 fully saturated rings. The van der Waals surface area contributed by atoms with E-state index >= 15 is 0 Å². The Morgan fingerprint density at radius 3 is 2.56 bits per heavy atom. The highest BCUT2D eigenvalue weighted by Gasteiger charge is 2.33. The van der Waals surface area contributed by atoms with Gasteiger partial charge in [-0.15, -0.1) is 0 Å². The zero-order valence-corrected chi connectivity index (χ0v) is 13.2. The molecule has 9 heteroatoms. The number of hydrogen-bond donors (Lipinski definition) is 2. The van der Waals surface area contributed by atoms with Gasteiger partial charge in [0.15, 0.2) is 0 Å². The van der Waals surface area contributed by atoms with Gasteiger partial charge >= 0.3 is 6.18 Å². The van der Waals surface area contributed by atoms with Crippen LogP contribution in [0.4, 0.5) is 13.2 Å². The van der Waals surface area contributed by atoms with E-state index in [2.05, 4.69) is 15.3 Å². The number of carbonyl (C=O) groups excluding carboxylic acids is 1. The average molecular weight is 354 g/mol. The smallest absolute Gasteiger partial charge is 0.393 e. The molecule has 1 aliphatic rings. The van der Waals surface area contributed by atoms with Gasteiger partial charge < -0.3 is 10.4 Å². The van der Waals surface area contributed by atoms with E-state index in [1.54, 1.807) is 0 Å². The quantitative estimate of drug-likeness (QED) is 0.887. The fraction of sp³-hybridized carbons (Fsp3) is 0.438. The maximum atomic E-state index is 13.1. The van der Waals surface area contributed by atoms with E-state index in [1.165, 1.54) is 23.3 Å². The minimum Gasteiger partial charge on any atom is -0.393 e. The summed E-state index contributed by atoms with van der Waals surface area (Å²) in [5.74, 6) is -0.689. The summed E-state index contributed by atoms with van der Waals surface area (Å²) < 4.78 is 40.7. The van der Waals surface area contributed by atoms with Crippen molar-refractivity contribution in [3.8, 4) is 5.82 Å². The Hall–Kier alpha value is -2.42. The second-order valence-corrected chi connectivity index (χ2v) is 6.05. The van der Waals surface area contributed by atoms with Gasteiger partial charge in [-0.05, 0) is 37.8 Å². The molecule has 0 bridgehead atoms. The third kappa shape index (κ3) is 4.16. The zero-order valence-electron chi connectivity index (χ0n) is 13.2. The SMILES string of the molecule is O=C(N[C@H]1CC[C@H](O)CC1)c1cc(C(F)(F)F)cc(-n2ccnc2)n1. The molecular weight excluding hydrogens is 337 g/mol. The molecule has 2 heterocycles. The van der Waals surface area contributed by atoms with Crippen LogP contribution >= 0.6 is 0 Å². The Kier molecular flexibility index (Phi) is 4.76. The number of nitrogens with one attached hydrogen (secondary N) is 1. The molecule has 0 unspecified atom stereocenters. The van der Waals surface area contributed by atoms with E-state index in [1.807, 2.05) is 0 Å². The highest BCUT2D eigenvalue weighted by atomic mass is 19.4. The number of carbonyl (C=O) groups is 1. The Bertz CT molecular complexity index is 738. The van der Waals surface area contributed by atoms with Crippen molar-refractivity contribution in [2.75, 3.05) is 0 Å². The first-order valence-electron chi connectivity index (χ1n) is 7.89. The van der Waals surface area contributed by atoms with E-state index < -0.39 is 17.6 Å². The lowest BCUT2D eigenvalue weighted by atomic mass is 9.93. The molecule has 2 aromatic heterocycles. The van der Waals surface area contributed by atoms with Gasteiger partial charge in [-0.25, -0.2) is 9.97 Å². The molecule has 1 amide bonds. The third-order valence-electron chi connectivity index (χ3n) is 4.17. The standard InChI is InChI=1S/C16H17F3N4O2/c17-16(18,19)10-7-13(22-14(8-10)23-6-5-20-9-23)15(25)21-11-1-3-12(24)4-2-11/h5-9,11-12,24H,1-4H2,(H,21,25)/t11-,12-. The molecule has 134 valence electrons. The average Bonchev–Trinajstić information content (AvgIpc) is 3.10. The molecule has 0 aliphatic heterocycles. The predicted molar refractivity (Wildman–Crippen MR) is 82.1 cm³/mol. The van der Waals surface area contributed by atoms with Crippen LogP contribution in [0.15, 0.2) is 30.9 Å². The first-order chi connectivity index (χ1) is 11.8. The Morgan fingerprint density at radius 2 is 1.96 bits per heavy atom. The minimum absolute atomic E-state index is 0.0310. The predicted octanol–water partition coefficient (Wildman–Crippen LogP) is 2.32. The van der Waals surface area contributed by atoms with Crippen molar-refractivity contribution in [2.45, 2.75) is 44.0 Å². The lowest BCUT2D eigenvalue weighted by Gasteiger charge is -2.26. The van der Waals surface area contributed by atoms with E-state index in [0.717, 1.165) is 12.1 Å². The molecule has 2 aromatic rings. The normalized spacial score (nSPS) is 21.1. The number of aliphatic hydroxyl groups is 1. The second-order valence-electron chi connectivity index (χ2n) is 6.05. The number of nitrogens with zero attached hydrogens (tertiary/aromatic N) is 3. The first kappa shape index (κ1) is 17.4. The summed E-state index contributed by atoms with van der Waals surface area (Å²) in [5.41, 5.74) is -1.25. The highest BCUT2D eigenvalue weighted by Crippen LogP contribution is 2.30.